The number of hydrogen-bond acceptors (Lipinski definition) is 10. The third-order valence-electron chi connectivity index (χ3n) is 9.76. The molecular formula is C33H58O10. The molecule has 2 saturated heterocycles. The third kappa shape index (κ3) is 7.19. The highest BCUT2D eigenvalue weighted by atomic mass is 16.6. The molecule has 3 saturated carbocycles. The van der Waals surface area contributed by atoms with Gasteiger partial charge in [-0.15, -0.1) is 0 Å². The lowest BCUT2D eigenvalue weighted by molar-refractivity contribution is -0.173. The molecule has 0 aromatic rings. The zero-order chi connectivity index (χ0) is 28.9. The first-order valence-corrected chi connectivity index (χ1v) is 14.2. The lowest BCUT2D eigenvalue weighted by Gasteiger charge is -2.32. The van der Waals surface area contributed by atoms with E-state index < -0.39 is 46.9 Å². The van der Waals surface area contributed by atoms with Crippen molar-refractivity contribution >= 4 is 29.8 Å². The number of ether oxygens (including phenoxy) is 5. The van der Waals surface area contributed by atoms with Gasteiger partial charge in [0.25, 0.3) is 0 Å². The average molecular weight is 615 g/mol. The Bertz CT molecular complexity index is 1020. The predicted molar refractivity (Wildman–Crippen MR) is 163 cm³/mol. The summed E-state index contributed by atoms with van der Waals surface area (Å²) < 4.78 is 26.5. The maximum absolute atomic E-state index is 12.4. The van der Waals surface area contributed by atoms with Crippen molar-refractivity contribution in [3.63, 3.8) is 0 Å². The molecule has 2 heterocycles. The van der Waals surface area contributed by atoms with Gasteiger partial charge in [0.1, 0.15) is 18.3 Å². The van der Waals surface area contributed by atoms with E-state index in [1.807, 2.05) is 41.5 Å². The van der Waals surface area contributed by atoms with Gasteiger partial charge in [-0.1, -0.05) is 43.6 Å². The zero-order valence-corrected chi connectivity index (χ0v) is 24.0. The second kappa shape index (κ2) is 14.9. The van der Waals surface area contributed by atoms with Crippen molar-refractivity contribution in [2.75, 3.05) is 7.11 Å². The Balaban J connectivity index is 0.000000771. The molecule has 2 aliphatic heterocycles. The summed E-state index contributed by atoms with van der Waals surface area (Å²) >= 11 is 0. The van der Waals surface area contributed by atoms with Crippen molar-refractivity contribution in [3.8, 4) is 0 Å². The topological polar surface area (TPSA) is 132 Å². The highest BCUT2D eigenvalue weighted by Crippen LogP contribution is 2.59. The minimum absolute atomic E-state index is 0. The molecule has 43 heavy (non-hydrogen) atoms. The summed E-state index contributed by atoms with van der Waals surface area (Å²) in [7, 11) is 1.31. The molecule has 3 aliphatic carbocycles. The Morgan fingerprint density at radius 2 is 1.35 bits per heavy atom. The van der Waals surface area contributed by atoms with Gasteiger partial charge in [-0.2, -0.15) is 0 Å². The summed E-state index contributed by atoms with van der Waals surface area (Å²) in [4.78, 5) is 60.0. The smallest absolute Gasteiger partial charge is 0.348 e. The largest absolute Gasteiger partial charge is 0.469 e. The molecule has 10 nitrogen and oxygen atoms in total. The van der Waals surface area contributed by atoms with Gasteiger partial charge < -0.3 is 23.7 Å². The van der Waals surface area contributed by atoms with Crippen molar-refractivity contribution in [2.45, 2.75) is 134 Å². The van der Waals surface area contributed by atoms with Crippen LogP contribution in [0.3, 0.4) is 0 Å². The second-order valence-electron chi connectivity index (χ2n) is 12.8. The molecule has 0 radical (unpaired) electrons. The monoisotopic (exact) mass is 614 g/mol. The molecule has 5 rings (SSSR count). The average Bonchev–Trinajstić information content (AvgIpc) is 3.68. The number of hydrogen-bond donors (Lipinski definition) is 0. The van der Waals surface area contributed by atoms with Gasteiger partial charge in [0, 0.05) is 17.8 Å². The molecule has 250 valence electrons. The SMILES string of the molecule is C.C.C.C.CCC(C)(C)C(=O)OC1C(=O)OC2CCCC21.CCC(C)(C)C(=O)OC1C2CC3C1OC(=O)C3C2C(=O)OC. The van der Waals surface area contributed by atoms with Crippen molar-refractivity contribution < 1.29 is 47.7 Å². The number of carbonyl (C=O) groups is 5. The maximum Gasteiger partial charge on any atom is 0.348 e. The van der Waals surface area contributed by atoms with Crippen LogP contribution in [0.1, 0.15) is 110 Å². The van der Waals surface area contributed by atoms with Gasteiger partial charge in [-0.05, 0) is 66.2 Å². The fourth-order valence-electron chi connectivity index (χ4n) is 6.43. The van der Waals surface area contributed by atoms with Crippen LogP contribution < -0.4 is 0 Å². The van der Waals surface area contributed by atoms with E-state index in [1.54, 1.807) is 0 Å². The standard InChI is InChI=1S/C16H22O6.C13H20O4.4CH4/c1-5-16(2,3)15(19)22-12-7-6-8-10(9(7)13(17)20-4)14(18)21-11(8)12;1-4-13(2,3)12(15)17-10-8-6-5-7-9(8)16-11(10)14;;;;/h7-12H,5-6H2,1-4H3;8-10H,4-7H2,1-3H3;4*1H4. The zero-order valence-electron chi connectivity index (χ0n) is 24.0. The quantitative estimate of drug-likeness (QED) is 0.251. The normalized spacial score (nSPS) is 32.6. The lowest BCUT2D eigenvalue weighted by Crippen LogP contribution is -2.45. The summed E-state index contributed by atoms with van der Waals surface area (Å²) in [6.07, 6.45) is 3.27. The fourth-order valence-corrected chi connectivity index (χ4v) is 6.43. The molecule has 5 fully saturated rings. The molecule has 10 heteroatoms. The molecule has 2 bridgehead atoms. The number of esters is 5. The summed E-state index contributed by atoms with van der Waals surface area (Å²) in [5, 5.41) is 0. The van der Waals surface area contributed by atoms with Crippen molar-refractivity contribution in [1.29, 1.82) is 0 Å². The first kappa shape index (κ1) is 40.4. The Morgan fingerprint density at radius 1 is 0.791 bits per heavy atom. The summed E-state index contributed by atoms with van der Waals surface area (Å²) in [6, 6.07) is 0. The van der Waals surface area contributed by atoms with Gasteiger partial charge in [0.15, 0.2) is 0 Å². The molecule has 9 unspecified atom stereocenters. The summed E-state index contributed by atoms with van der Waals surface area (Å²) in [6.45, 7) is 11.2. The highest BCUT2D eigenvalue weighted by molar-refractivity contribution is 5.86. The molecule has 5 aliphatic rings. The Hall–Kier alpha value is -2.65. The van der Waals surface area contributed by atoms with E-state index in [1.165, 1.54) is 7.11 Å². The molecule has 0 N–H and O–H groups in total. The van der Waals surface area contributed by atoms with E-state index in [0.717, 1.165) is 19.3 Å². The predicted octanol–water partition coefficient (Wildman–Crippen LogP) is 5.92. The van der Waals surface area contributed by atoms with E-state index in [9.17, 15) is 24.0 Å². The number of fused-ring (bicyclic) bond motifs is 2. The lowest BCUT2D eigenvalue weighted by atomic mass is 9.78. The maximum atomic E-state index is 12.4. The molecule has 0 aromatic carbocycles. The Morgan fingerprint density at radius 3 is 1.88 bits per heavy atom. The molecular weight excluding hydrogens is 556 g/mol. The van der Waals surface area contributed by atoms with E-state index in [2.05, 4.69) is 0 Å². The van der Waals surface area contributed by atoms with Gasteiger partial charge in [-0.3, -0.25) is 19.2 Å². The first-order chi connectivity index (χ1) is 18.3. The van der Waals surface area contributed by atoms with Crippen LogP contribution in [0, 0.1) is 40.4 Å². The Labute approximate surface area is 259 Å². The fraction of sp³-hybridized carbons (Fsp3) is 0.848. The van der Waals surface area contributed by atoms with Crippen molar-refractivity contribution in [1.82, 2.24) is 0 Å². The van der Waals surface area contributed by atoms with Crippen LogP contribution in [0.4, 0.5) is 0 Å². The third-order valence-corrected chi connectivity index (χ3v) is 9.76. The Kier molecular flexibility index (Phi) is 14.0. The van der Waals surface area contributed by atoms with Gasteiger partial charge >= 0.3 is 29.8 Å². The molecule has 0 spiro atoms. The van der Waals surface area contributed by atoms with Gasteiger partial charge in [0.05, 0.1) is 29.8 Å². The summed E-state index contributed by atoms with van der Waals surface area (Å²) in [5.41, 5.74) is -1.12. The van der Waals surface area contributed by atoms with E-state index in [4.69, 9.17) is 23.7 Å². The second-order valence-corrected chi connectivity index (χ2v) is 12.8. The number of methoxy groups -OCH3 is 1. The van der Waals surface area contributed by atoms with E-state index in [0.29, 0.717) is 19.3 Å². The summed E-state index contributed by atoms with van der Waals surface area (Å²) in [5.74, 6) is -2.86. The highest BCUT2D eigenvalue weighted by Gasteiger charge is 2.70. The van der Waals surface area contributed by atoms with Crippen LogP contribution in [-0.2, 0) is 47.7 Å². The van der Waals surface area contributed by atoms with Crippen LogP contribution in [0.15, 0.2) is 0 Å². The van der Waals surface area contributed by atoms with Crippen LogP contribution in [0.25, 0.3) is 0 Å². The van der Waals surface area contributed by atoms with Crippen molar-refractivity contribution in [3.05, 3.63) is 0 Å². The van der Waals surface area contributed by atoms with Gasteiger partial charge in [-0.25, -0.2) is 4.79 Å². The number of rotatable bonds is 7. The minimum atomic E-state index is -0.666. The van der Waals surface area contributed by atoms with Crippen LogP contribution in [0.5, 0.6) is 0 Å². The van der Waals surface area contributed by atoms with E-state index >= 15 is 0 Å². The van der Waals surface area contributed by atoms with Gasteiger partial charge in [0.2, 0.25) is 6.10 Å². The van der Waals surface area contributed by atoms with Crippen LogP contribution in [0.2, 0.25) is 0 Å². The first-order valence-electron chi connectivity index (χ1n) is 14.2. The molecule has 0 amide bonds. The van der Waals surface area contributed by atoms with Crippen molar-refractivity contribution in [2.24, 2.45) is 40.4 Å². The van der Waals surface area contributed by atoms with Crippen LogP contribution in [-0.4, -0.2) is 61.4 Å². The van der Waals surface area contributed by atoms with E-state index in [-0.39, 0.29) is 77.4 Å². The molecule has 0 aromatic heterocycles. The van der Waals surface area contributed by atoms with Crippen LogP contribution >= 0.6 is 0 Å². The number of carbonyl (C=O) groups excluding carboxylic acids is 5. The molecule has 9 atom stereocenters. The minimum Gasteiger partial charge on any atom is -0.469 e.